The fraction of sp³-hybridized carbons (Fsp3) is 0.538. The Balaban J connectivity index is 2.64. The first-order valence-corrected chi connectivity index (χ1v) is 5.44. The fourth-order valence-corrected chi connectivity index (χ4v) is 1.45. The van der Waals surface area contributed by atoms with Crippen molar-refractivity contribution in [1.29, 1.82) is 0 Å². The predicted octanol–water partition coefficient (Wildman–Crippen LogP) is 3.67. The molecular formula is C13H20O. The summed E-state index contributed by atoms with van der Waals surface area (Å²) >= 11 is 0. The highest BCUT2D eigenvalue weighted by atomic mass is 16.5. The lowest BCUT2D eigenvalue weighted by Gasteiger charge is -2.10. The molecule has 0 fully saturated rings. The highest BCUT2D eigenvalue weighted by molar-refractivity contribution is 5.33. The molecule has 0 unspecified atom stereocenters. The van der Waals surface area contributed by atoms with Gasteiger partial charge in [0.15, 0.2) is 0 Å². The Hall–Kier alpha value is -0.980. The summed E-state index contributed by atoms with van der Waals surface area (Å²) in [6, 6.07) is 8.33. The maximum Gasteiger partial charge on any atom is 0.122 e. The van der Waals surface area contributed by atoms with E-state index in [-0.39, 0.29) is 0 Å². The summed E-state index contributed by atoms with van der Waals surface area (Å²) in [4.78, 5) is 0. The second kappa shape index (κ2) is 5.69. The van der Waals surface area contributed by atoms with Crippen LogP contribution in [0.2, 0.25) is 0 Å². The molecule has 0 radical (unpaired) electrons. The summed E-state index contributed by atoms with van der Waals surface area (Å²) in [5.74, 6) is 1.81. The van der Waals surface area contributed by atoms with Crippen LogP contribution in [0.4, 0.5) is 0 Å². The van der Waals surface area contributed by atoms with E-state index >= 15 is 0 Å². The Morgan fingerprint density at radius 1 is 1.21 bits per heavy atom. The number of rotatable bonds is 5. The summed E-state index contributed by atoms with van der Waals surface area (Å²) in [6.07, 6.45) is 2.35. The molecule has 0 aromatic heterocycles. The molecular weight excluding hydrogens is 172 g/mol. The summed E-state index contributed by atoms with van der Waals surface area (Å²) in [5, 5.41) is 0. The molecule has 0 saturated carbocycles. The molecule has 0 atom stereocenters. The average molecular weight is 192 g/mol. The van der Waals surface area contributed by atoms with Crippen molar-refractivity contribution in [3.8, 4) is 5.75 Å². The number of benzene rings is 1. The molecule has 1 heteroatoms. The number of hydrogen-bond acceptors (Lipinski definition) is 1. The number of para-hydroxylation sites is 1. The molecule has 0 spiro atoms. The van der Waals surface area contributed by atoms with E-state index < -0.39 is 0 Å². The molecule has 0 heterocycles. The molecule has 0 saturated heterocycles. The van der Waals surface area contributed by atoms with Gasteiger partial charge in [-0.05, 0) is 37.3 Å². The summed E-state index contributed by atoms with van der Waals surface area (Å²) in [7, 11) is 0. The number of ether oxygens (including phenoxy) is 1. The van der Waals surface area contributed by atoms with Crippen LogP contribution in [0.5, 0.6) is 5.75 Å². The number of hydrogen-bond donors (Lipinski definition) is 0. The van der Waals surface area contributed by atoms with Crippen LogP contribution < -0.4 is 4.74 Å². The molecule has 0 aliphatic rings. The van der Waals surface area contributed by atoms with Crippen molar-refractivity contribution in [3.63, 3.8) is 0 Å². The molecule has 1 nitrogen and oxygen atoms in total. The zero-order valence-electron chi connectivity index (χ0n) is 9.42. The van der Waals surface area contributed by atoms with Gasteiger partial charge in [-0.3, -0.25) is 0 Å². The Labute approximate surface area is 87.1 Å². The van der Waals surface area contributed by atoms with Gasteiger partial charge in [-0.2, -0.15) is 0 Å². The second-order valence-electron chi connectivity index (χ2n) is 3.97. The standard InChI is InChI=1S/C13H20O/c1-4-14-13-8-6-5-7-12(13)10-9-11(2)3/h5-8,11H,4,9-10H2,1-3H3. The van der Waals surface area contributed by atoms with Crippen LogP contribution in [-0.2, 0) is 6.42 Å². The van der Waals surface area contributed by atoms with E-state index in [0.29, 0.717) is 0 Å². The lowest BCUT2D eigenvalue weighted by Crippen LogP contribution is -1.98. The van der Waals surface area contributed by atoms with Gasteiger partial charge in [0, 0.05) is 0 Å². The van der Waals surface area contributed by atoms with E-state index in [1.54, 1.807) is 0 Å². The van der Waals surface area contributed by atoms with Gasteiger partial charge in [0.05, 0.1) is 6.61 Å². The van der Waals surface area contributed by atoms with Crippen molar-refractivity contribution >= 4 is 0 Å². The quantitative estimate of drug-likeness (QED) is 0.691. The van der Waals surface area contributed by atoms with Gasteiger partial charge in [0.25, 0.3) is 0 Å². The smallest absolute Gasteiger partial charge is 0.122 e. The molecule has 14 heavy (non-hydrogen) atoms. The van der Waals surface area contributed by atoms with Gasteiger partial charge in [-0.1, -0.05) is 32.0 Å². The van der Waals surface area contributed by atoms with E-state index in [9.17, 15) is 0 Å². The second-order valence-corrected chi connectivity index (χ2v) is 3.97. The molecule has 78 valence electrons. The Morgan fingerprint density at radius 2 is 1.93 bits per heavy atom. The van der Waals surface area contributed by atoms with E-state index in [1.807, 2.05) is 13.0 Å². The van der Waals surface area contributed by atoms with Crippen LogP contribution in [-0.4, -0.2) is 6.61 Å². The zero-order valence-corrected chi connectivity index (χ0v) is 9.42. The molecule has 0 bridgehead atoms. The minimum atomic E-state index is 0.749. The maximum atomic E-state index is 5.57. The van der Waals surface area contributed by atoms with Crippen molar-refractivity contribution < 1.29 is 4.74 Å². The van der Waals surface area contributed by atoms with E-state index in [1.165, 1.54) is 12.0 Å². The predicted molar refractivity (Wildman–Crippen MR) is 60.8 cm³/mol. The van der Waals surface area contributed by atoms with Crippen molar-refractivity contribution in [1.82, 2.24) is 0 Å². The first kappa shape index (κ1) is 11.1. The third-order valence-electron chi connectivity index (χ3n) is 2.26. The minimum absolute atomic E-state index is 0.749. The molecule has 0 aliphatic carbocycles. The van der Waals surface area contributed by atoms with Gasteiger partial charge in [0.1, 0.15) is 5.75 Å². The third-order valence-corrected chi connectivity index (χ3v) is 2.26. The molecule has 0 aliphatic heterocycles. The van der Waals surface area contributed by atoms with Crippen LogP contribution in [0, 0.1) is 5.92 Å². The normalized spacial score (nSPS) is 10.6. The van der Waals surface area contributed by atoms with Crippen LogP contribution in [0.25, 0.3) is 0 Å². The van der Waals surface area contributed by atoms with Crippen LogP contribution in [0.15, 0.2) is 24.3 Å². The average Bonchev–Trinajstić information content (AvgIpc) is 2.17. The van der Waals surface area contributed by atoms with E-state index in [2.05, 4.69) is 32.0 Å². The van der Waals surface area contributed by atoms with Crippen molar-refractivity contribution in [3.05, 3.63) is 29.8 Å². The van der Waals surface area contributed by atoms with Crippen molar-refractivity contribution in [2.75, 3.05) is 6.61 Å². The van der Waals surface area contributed by atoms with E-state index in [4.69, 9.17) is 4.74 Å². The molecule has 1 aromatic rings. The Bertz CT molecular complexity index is 266. The first-order valence-electron chi connectivity index (χ1n) is 5.44. The highest BCUT2D eigenvalue weighted by Crippen LogP contribution is 2.20. The van der Waals surface area contributed by atoms with Crippen molar-refractivity contribution in [2.45, 2.75) is 33.6 Å². The summed E-state index contributed by atoms with van der Waals surface area (Å²) in [6.45, 7) is 7.28. The lowest BCUT2D eigenvalue weighted by atomic mass is 10.0. The van der Waals surface area contributed by atoms with Crippen LogP contribution in [0.1, 0.15) is 32.8 Å². The van der Waals surface area contributed by atoms with Gasteiger partial charge < -0.3 is 4.74 Å². The van der Waals surface area contributed by atoms with Gasteiger partial charge >= 0.3 is 0 Å². The van der Waals surface area contributed by atoms with Crippen LogP contribution >= 0.6 is 0 Å². The van der Waals surface area contributed by atoms with Crippen molar-refractivity contribution in [2.24, 2.45) is 5.92 Å². The number of aryl methyl sites for hydroxylation is 1. The maximum absolute atomic E-state index is 5.57. The summed E-state index contributed by atoms with van der Waals surface area (Å²) < 4.78 is 5.57. The third kappa shape index (κ3) is 3.41. The lowest BCUT2D eigenvalue weighted by molar-refractivity contribution is 0.335. The van der Waals surface area contributed by atoms with Gasteiger partial charge in [-0.15, -0.1) is 0 Å². The Kier molecular flexibility index (Phi) is 4.51. The van der Waals surface area contributed by atoms with Gasteiger partial charge in [0.2, 0.25) is 0 Å². The van der Waals surface area contributed by atoms with E-state index in [0.717, 1.165) is 24.7 Å². The highest BCUT2D eigenvalue weighted by Gasteiger charge is 2.02. The minimum Gasteiger partial charge on any atom is -0.494 e. The van der Waals surface area contributed by atoms with Crippen LogP contribution in [0.3, 0.4) is 0 Å². The monoisotopic (exact) mass is 192 g/mol. The topological polar surface area (TPSA) is 9.23 Å². The first-order chi connectivity index (χ1) is 6.74. The molecule has 1 rings (SSSR count). The largest absolute Gasteiger partial charge is 0.494 e. The molecule has 0 N–H and O–H groups in total. The fourth-order valence-electron chi connectivity index (χ4n) is 1.45. The summed E-state index contributed by atoms with van der Waals surface area (Å²) in [5.41, 5.74) is 1.34. The zero-order chi connectivity index (χ0) is 10.4. The SMILES string of the molecule is CCOc1ccccc1CCC(C)C. The molecule has 0 amide bonds. The molecule has 1 aromatic carbocycles. The van der Waals surface area contributed by atoms with Gasteiger partial charge in [-0.25, -0.2) is 0 Å². The Morgan fingerprint density at radius 3 is 2.57 bits per heavy atom.